The van der Waals surface area contributed by atoms with Crippen LogP contribution in [-0.2, 0) is 16.0 Å². The molecule has 0 saturated heterocycles. The molecule has 34 heavy (non-hydrogen) atoms. The summed E-state index contributed by atoms with van der Waals surface area (Å²) < 4.78 is 5.51. The lowest BCUT2D eigenvalue weighted by Crippen LogP contribution is -2.49. The molecule has 9 heteroatoms. The van der Waals surface area contributed by atoms with E-state index in [-0.39, 0.29) is 18.2 Å². The average molecular weight is 480 g/mol. The maximum atomic E-state index is 12.3. The molecule has 3 aromatic rings. The summed E-state index contributed by atoms with van der Waals surface area (Å²) in [7, 11) is 0. The molecule has 0 saturated carbocycles. The Bertz CT molecular complexity index is 1190. The zero-order valence-corrected chi connectivity index (χ0v) is 19.6. The zero-order chi connectivity index (χ0) is 24.3. The van der Waals surface area contributed by atoms with Crippen molar-refractivity contribution in [3.8, 4) is 11.1 Å². The first kappa shape index (κ1) is 23.4. The van der Waals surface area contributed by atoms with Gasteiger partial charge in [-0.15, -0.1) is 11.3 Å². The van der Waals surface area contributed by atoms with Gasteiger partial charge in [0.25, 0.3) is 5.91 Å². The molecule has 1 aliphatic carbocycles. The highest BCUT2D eigenvalue weighted by Crippen LogP contribution is 2.44. The van der Waals surface area contributed by atoms with E-state index in [0.29, 0.717) is 18.0 Å². The number of carbonyl (C=O) groups excluding carboxylic acids is 2. The van der Waals surface area contributed by atoms with E-state index in [9.17, 15) is 14.4 Å². The standard InChI is InChI=1S/C25H25N3O5S/c1-25(2,23(30)31)28-22(29)20-14-34-21(27-20)11-12-26-24(32)33-13-19-17-9-5-3-7-15(17)16-8-4-6-10-18(16)19/h3-10,14,19H,11-13H2,1-2H3,(H,26,32)(H,28,29)(H,30,31). The molecule has 2 amide bonds. The monoisotopic (exact) mass is 479 g/mol. The summed E-state index contributed by atoms with van der Waals surface area (Å²) in [5.74, 6) is -1.70. The van der Waals surface area contributed by atoms with E-state index >= 15 is 0 Å². The first-order valence-corrected chi connectivity index (χ1v) is 11.7. The molecule has 2 aromatic carbocycles. The minimum Gasteiger partial charge on any atom is -0.480 e. The van der Waals surface area contributed by atoms with Gasteiger partial charge in [0.15, 0.2) is 0 Å². The Morgan fingerprint density at radius 2 is 1.68 bits per heavy atom. The van der Waals surface area contributed by atoms with Crippen LogP contribution in [0.5, 0.6) is 0 Å². The third-order valence-corrected chi connectivity index (χ3v) is 6.61. The molecule has 0 atom stereocenters. The number of amides is 2. The number of fused-ring (bicyclic) bond motifs is 3. The van der Waals surface area contributed by atoms with Crippen LogP contribution < -0.4 is 10.6 Å². The van der Waals surface area contributed by atoms with Gasteiger partial charge in [0, 0.05) is 24.3 Å². The number of thiazole rings is 1. The Labute approximate surface area is 201 Å². The van der Waals surface area contributed by atoms with E-state index in [4.69, 9.17) is 9.84 Å². The minimum atomic E-state index is -1.40. The first-order chi connectivity index (χ1) is 16.3. The number of ether oxygens (including phenoxy) is 1. The number of nitrogens with zero attached hydrogens (tertiary/aromatic N) is 1. The summed E-state index contributed by atoms with van der Waals surface area (Å²) in [6, 6.07) is 16.3. The topological polar surface area (TPSA) is 118 Å². The van der Waals surface area contributed by atoms with Crippen LogP contribution in [0.2, 0.25) is 0 Å². The van der Waals surface area contributed by atoms with Crippen molar-refractivity contribution in [2.45, 2.75) is 31.7 Å². The van der Waals surface area contributed by atoms with E-state index in [1.807, 2.05) is 24.3 Å². The third kappa shape index (κ3) is 4.94. The predicted molar refractivity (Wildman–Crippen MR) is 128 cm³/mol. The lowest BCUT2D eigenvalue weighted by molar-refractivity contribution is -0.143. The molecule has 4 rings (SSSR count). The van der Waals surface area contributed by atoms with E-state index in [2.05, 4.69) is 39.9 Å². The molecule has 1 aromatic heterocycles. The maximum absolute atomic E-state index is 12.3. The number of aromatic nitrogens is 1. The van der Waals surface area contributed by atoms with Gasteiger partial charge >= 0.3 is 12.1 Å². The summed E-state index contributed by atoms with van der Waals surface area (Å²) in [6.45, 7) is 3.34. The fourth-order valence-corrected chi connectivity index (χ4v) is 4.63. The van der Waals surface area contributed by atoms with Crippen molar-refractivity contribution in [2.24, 2.45) is 0 Å². The smallest absolute Gasteiger partial charge is 0.407 e. The Morgan fingerprint density at radius 1 is 1.06 bits per heavy atom. The largest absolute Gasteiger partial charge is 0.480 e. The van der Waals surface area contributed by atoms with E-state index in [1.165, 1.54) is 36.3 Å². The molecule has 0 radical (unpaired) electrons. The molecule has 0 spiro atoms. The van der Waals surface area contributed by atoms with Gasteiger partial charge in [0.2, 0.25) is 0 Å². The molecule has 0 aliphatic heterocycles. The minimum absolute atomic E-state index is 0.00626. The highest BCUT2D eigenvalue weighted by Gasteiger charge is 2.30. The predicted octanol–water partition coefficient (Wildman–Crippen LogP) is 3.82. The fourth-order valence-electron chi connectivity index (χ4n) is 3.85. The number of rotatable bonds is 8. The van der Waals surface area contributed by atoms with Gasteiger partial charge in [-0.1, -0.05) is 48.5 Å². The van der Waals surface area contributed by atoms with E-state index in [0.717, 1.165) is 11.1 Å². The second-order valence-corrected chi connectivity index (χ2v) is 9.46. The molecule has 0 unspecified atom stereocenters. The van der Waals surface area contributed by atoms with Crippen molar-refractivity contribution in [1.82, 2.24) is 15.6 Å². The summed E-state index contributed by atoms with van der Waals surface area (Å²) in [5, 5.41) is 16.5. The lowest BCUT2D eigenvalue weighted by Gasteiger charge is -2.20. The molecule has 0 bridgehead atoms. The normalized spacial score (nSPS) is 12.5. The third-order valence-electron chi connectivity index (χ3n) is 5.70. The second kappa shape index (κ2) is 9.64. The average Bonchev–Trinajstić information content (AvgIpc) is 3.40. The van der Waals surface area contributed by atoms with Gasteiger partial charge in [0.05, 0.1) is 5.01 Å². The molecule has 1 heterocycles. The van der Waals surface area contributed by atoms with Crippen molar-refractivity contribution < 1.29 is 24.2 Å². The van der Waals surface area contributed by atoms with Gasteiger partial charge in [-0.2, -0.15) is 0 Å². The van der Waals surface area contributed by atoms with Crippen molar-refractivity contribution in [1.29, 1.82) is 0 Å². The Morgan fingerprint density at radius 3 is 2.29 bits per heavy atom. The molecular formula is C25H25N3O5S. The van der Waals surface area contributed by atoms with Gasteiger partial charge in [0.1, 0.15) is 17.8 Å². The first-order valence-electron chi connectivity index (χ1n) is 10.9. The molecule has 3 N–H and O–H groups in total. The van der Waals surface area contributed by atoms with E-state index in [1.54, 1.807) is 5.38 Å². The molecule has 1 aliphatic rings. The molecule has 0 fully saturated rings. The number of carbonyl (C=O) groups is 3. The summed E-state index contributed by atoms with van der Waals surface area (Å²) in [6.07, 6.45) is -0.0932. The zero-order valence-electron chi connectivity index (χ0n) is 18.8. The van der Waals surface area contributed by atoms with Crippen LogP contribution in [0, 0.1) is 0 Å². The van der Waals surface area contributed by atoms with Crippen molar-refractivity contribution in [3.63, 3.8) is 0 Å². The maximum Gasteiger partial charge on any atom is 0.407 e. The van der Waals surface area contributed by atoms with Gasteiger partial charge in [-0.25, -0.2) is 14.6 Å². The number of nitrogens with one attached hydrogen (secondary N) is 2. The van der Waals surface area contributed by atoms with E-state index < -0.39 is 23.5 Å². The quantitative estimate of drug-likeness (QED) is 0.452. The molecule has 176 valence electrons. The van der Waals surface area contributed by atoms with Crippen molar-refractivity contribution in [2.75, 3.05) is 13.2 Å². The number of alkyl carbamates (subject to hydrolysis) is 1. The molecular weight excluding hydrogens is 454 g/mol. The summed E-state index contributed by atoms with van der Waals surface area (Å²) in [4.78, 5) is 39.9. The number of hydrogen-bond donors (Lipinski definition) is 3. The fraction of sp³-hybridized carbons (Fsp3) is 0.280. The Hall–Kier alpha value is -3.72. The van der Waals surface area contributed by atoms with Crippen molar-refractivity contribution in [3.05, 3.63) is 75.7 Å². The van der Waals surface area contributed by atoms with Crippen LogP contribution in [-0.4, -0.2) is 46.8 Å². The Balaban J connectivity index is 1.27. The van der Waals surface area contributed by atoms with Gasteiger partial charge < -0.3 is 20.5 Å². The number of carboxylic acid groups (broad SMARTS) is 1. The van der Waals surface area contributed by atoms with Crippen LogP contribution in [0.15, 0.2) is 53.9 Å². The number of benzene rings is 2. The van der Waals surface area contributed by atoms with Crippen LogP contribution in [0.4, 0.5) is 4.79 Å². The van der Waals surface area contributed by atoms with Crippen LogP contribution in [0.1, 0.15) is 46.4 Å². The van der Waals surface area contributed by atoms with Gasteiger partial charge in [-0.05, 0) is 36.1 Å². The van der Waals surface area contributed by atoms with Gasteiger partial charge in [-0.3, -0.25) is 4.79 Å². The summed E-state index contributed by atoms with van der Waals surface area (Å²) >= 11 is 1.27. The Kier molecular flexibility index (Phi) is 6.65. The lowest BCUT2D eigenvalue weighted by atomic mass is 9.98. The second-order valence-electron chi connectivity index (χ2n) is 8.51. The van der Waals surface area contributed by atoms with Crippen LogP contribution in [0.25, 0.3) is 11.1 Å². The number of carboxylic acids is 1. The molecule has 8 nitrogen and oxygen atoms in total. The van der Waals surface area contributed by atoms with Crippen molar-refractivity contribution >= 4 is 29.3 Å². The number of aliphatic carboxylic acids is 1. The SMILES string of the molecule is CC(C)(NC(=O)c1csc(CCNC(=O)OCC2c3ccccc3-c3ccccc32)n1)C(=O)O. The highest BCUT2D eigenvalue weighted by atomic mass is 32.1. The highest BCUT2D eigenvalue weighted by molar-refractivity contribution is 7.09. The van der Waals surface area contributed by atoms with Crippen LogP contribution in [0.3, 0.4) is 0 Å². The van der Waals surface area contributed by atoms with Crippen LogP contribution >= 0.6 is 11.3 Å². The number of hydrogen-bond acceptors (Lipinski definition) is 6. The summed E-state index contributed by atoms with van der Waals surface area (Å²) in [5.41, 5.74) is 3.39.